The molecule has 0 saturated heterocycles. The number of para-hydroxylation sites is 2. The van der Waals surface area contributed by atoms with Gasteiger partial charge in [0.15, 0.2) is 0 Å². The molecule has 174 valence electrons. The summed E-state index contributed by atoms with van der Waals surface area (Å²) < 4.78 is 0. The second kappa shape index (κ2) is 10.3. The van der Waals surface area contributed by atoms with Gasteiger partial charge in [-0.1, -0.05) is 42.5 Å². The van der Waals surface area contributed by atoms with E-state index in [4.69, 9.17) is 9.97 Å². The number of nitrogens with zero attached hydrogens (tertiary/aromatic N) is 2. The minimum absolute atomic E-state index is 0. The van der Waals surface area contributed by atoms with E-state index < -0.39 is 0 Å². The SMILES string of the molecule is Cc1cc(Nc2cccc(Nc3cc(C)c4cccc(C)c4n3)c2)nc2c(C)cccc12.Cl.Cl. The average molecular weight is 491 g/mol. The molecule has 3 aromatic carbocycles. The fraction of sp³-hybridized carbons (Fsp3) is 0.143. The second-order valence-corrected chi connectivity index (χ2v) is 8.42. The Morgan fingerprint density at radius 1 is 0.500 bits per heavy atom. The van der Waals surface area contributed by atoms with Gasteiger partial charge in [-0.25, -0.2) is 9.97 Å². The molecule has 0 aliphatic heterocycles. The number of benzene rings is 3. The van der Waals surface area contributed by atoms with Gasteiger partial charge >= 0.3 is 0 Å². The summed E-state index contributed by atoms with van der Waals surface area (Å²) in [6.07, 6.45) is 0. The minimum Gasteiger partial charge on any atom is -0.340 e. The largest absolute Gasteiger partial charge is 0.340 e. The molecule has 0 aliphatic carbocycles. The van der Waals surface area contributed by atoms with Crippen molar-refractivity contribution in [3.8, 4) is 0 Å². The van der Waals surface area contributed by atoms with Crippen LogP contribution in [0.3, 0.4) is 0 Å². The highest BCUT2D eigenvalue weighted by atomic mass is 35.5. The van der Waals surface area contributed by atoms with Gasteiger partial charge in [-0.05, 0) is 80.3 Å². The maximum absolute atomic E-state index is 4.86. The van der Waals surface area contributed by atoms with Crippen LogP contribution in [0.25, 0.3) is 21.8 Å². The standard InChI is InChI=1S/C28H26N4.2ClH/c1-17-8-5-12-23-19(3)14-25(31-27(17)23)29-21-10-7-11-22(16-21)30-26-15-20(4)24-13-6-9-18(2)28(24)32-26;;/h5-16H,1-4H3,(H,29,31)(H,30,32);2*1H. The number of fused-ring (bicyclic) bond motifs is 2. The molecule has 5 rings (SSSR count). The first-order valence-electron chi connectivity index (χ1n) is 10.9. The first-order valence-corrected chi connectivity index (χ1v) is 10.9. The summed E-state index contributed by atoms with van der Waals surface area (Å²) in [5, 5.41) is 9.32. The molecule has 0 aliphatic rings. The van der Waals surface area contributed by atoms with Crippen molar-refractivity contribution >= 4 is 69.6 Å². The summed E-state index contributed by atoms with van der Waals surface area (Å²) in [7, 11) is 0. The van der Waals surface area contributed by atoms with Crippen LogP contribution in [0.4, 0.5) is 23.0 Å². The zero-order valence-corrected chi connectivity index (χ0v) is 21.3. The quantitative estimate of drug-likeness (QED) is 0.265. The summed E-state index contributed by atoms with van der Waals surface area (Å²) >= 11 is 0. The van der Waals surface area contributed by atoms with Gasteiger partial charge in [0.05, 0.1) is 11.0 Å². The third kappa shape index (κ3) is 4.93. The van der Waals surface area contributed by atoms with Gasteiger partial charge in [-0.3, -0.25) is 0 Å². The van der Waals surface area contributed by atoms with Gasteiger partial charge in [0, 0.05) is 22.1 Å². The highest BCUT2D eigenvalue weighted by Gasteiger charge is 2.08. The van der Waals surface area contributed by atoms with Gasteiger partial charge in [0.1, 0.15) is 11.6 Å². The van der Waals surface area contributed by atoms with Gasteiger partial charge in [-0.15, -0.1) is 24.8 Å². The lowest BCUT2D eigenvalue weighted by Crippen LogP contribution is -1.99. The summed E-state index contributed by atoms with van der Waals surface area (Å²) in [5.41, 5.74) is 8.80. The fourth-order valence-corrected chi connectivity index (χ4v) is 4.22. The van der Waals surface area contributed by atoms with E-state index in [0.29, 0.717) is 0 Å². The molecule has 0 bridgehead atoms. The third-order valence-electron chi connectivity index (χ3n) is 5.90. The van der Waals surface area contributed by atoms with Gasteiger partial charge in [0.25, 0.3) is 0 Å². The van der Waals surface area contributed by atoms with Crippen molar-refractivity contribution in [2.24, 2.45) is 0 Å². The number of hydrogen-bond acceptors (Lipinski definition) is 4. The molecule has 0 radical (unpaired) electrons. The smallest absolute Gasteiger partial charge is 0.131 e. The van der Waals surface area contributed by atoms with E-state index in [1.807, 2.05) is 18.2 Å². The predicted octanol–water partition coefficient (Wildman–Crippen LogP) is 8.35. The number of nitrogens with one attached hydrogen (secondary N) is 2. The number of halogens is 2. The Hall–Kier alpha value is -3.34. The van der Waals surface area contributed by atoms with Crippen LogP contribution in [-0.4, -0.2) is 9.97 Å². The minimum atomic E-state index is 0. The van der Waals surface area contributed by atoms with Crippen molar-refractivity contribution in [1.82, 2.24) is 9.97 Å². The molecule has 6 heteroatoms. The number of pyridine rings is 2. The lowest BCUT2D eigenvalue weighted by molar-refractivity contribution is 1.31. The first kappa shape index (κ1) is 25.3. The lowest BCUT2D eigenvalue weighted by Gasteiger charge is -2.13. The predicted molar refractivity (Wildman–Crippen MR) is 150 cm³/mol. The highest BCUT2D eigenvalue weighted by Crippen LogP contribution is 2.28. The molecule has 34 heavy (non-hydrogen) atoms. The molecule has 0 spiro atoms. The Kier molecular flexibility index (Phi) is 7.65. The molecular formula is C28H28Cl2N4. The maximum atomic E-state index is 4.86. The Bertz CT molecular complexity index is 1370. The Balaban J connectivity index is 0.00000162. The summed E-state index contributed by atoms with van der Waals surface area (Å²) in [6.45, 7) is 8.46. The van der Waals surface area contributed by atoms with Crippen molar-refractivity contribution < 1.29 is 0 Å². The van der Waals surface area contributed by atoms with Crippen LogP contribution in [0.15, 0.2) is 72.8 Å². The highest BCUT2D eigenvalue weighted by molar-refractivity contribution is 5.88. The van der Waals surface area contributed by atoms with Crippen molar-refractivity contribution in [3.05, 3.63) is 95.1 Å². The van der Waals surface area contributed by atoms with Gasteiger partial charge < -0.3 is 10.6 Å². The number of aromatic nitrogens is 2. The average Bonchev–Trinajstić information content (AvgIpc) is 2.76. The second-order valence-electron chi connectivity index (χ2n) is 8.42. The van der Waals surface area contributed by atoms with E-state index >= 15 is 0 Å². The zero-order chi connectivity index (χ0) is 22.2. The molecule has 2 N–H and O–H groups in total. The normalized spacial score (nSPS) is 10.5. The molecule has 0 unspecified atom stereocenters. The molecule has 0 fully saturated rings. The third-order valence-corrected chi connectivity index (χ3v) is 5.90. The van der Waals surface area contributed by atoms with Crippen LogP contribution in [0.5, 0.6) is 0 Å². The number of rotatable bonds is 4. The Morgan fingerprint density at radius 2 is 0.912 bits per heavy atom. The number of aryl methyl sites for hydroxylation is 4. The van der Waals surface area contributed by atoms with Crippen LogP contribution in [0, 0.1) is 27.7 Å². The van der Waals surface area contributed by atoms with Gasteiger partial charge in [0.2, 0.25) is 0 Å². The van der Waals surface area contributed by atoms with Crippen molar-refractivity contribution in [1.29, 1.82) is 0 Å². The summed E-state index contributed by atoms with van der Waals surface area (Å²) in [6, 6.07) is 25.0. The molecule has 0 saturated carbocycles. The number of anilines is 4. The van der Waals surface area contributed by atoms with E-state index in [1.54, 1.807) is 0 Å². The summed E-state index contributed by atoms with van der Waals surface area (Å²) in [4.78, 5) is 9.71. The maximum Gasteiger partial charge on any atom is 0.131 e. The number of hydrogen-bond donors (Lipinski definition) is 2. The van der Waals surface area contributed by atoms with Crippen LogP contribution >= 0.6 is 24.8 Å². The molecular weight excluding hydrogens is 463 g/mol. The molecule has 0 atom stereocenters. The first-order chi connectivity index (χ1) is 15.5. The van der Waals surface area contributed by atoms with E-state index in [1.165, 1.54) is 33.0 Å². The molecule has 4 nitrogen and oxygen atoms in total. The Morgan fingerprint density at radius 3 is 1.35 bits per heavy atom. The van der Waals surface area contributed by atoms with Crippen LogP contribution in [0.2, 0.25) is 0 Å². The monoisotopic (exact) mass is 490 g/mol. The van der Waals surface area contributed by atoms with E-state index in [2.05, 4.69) is 92.9 Å². The van der Waals surface area contributed by atoms with Gasteiger partial charge in [-0.2, -0.15) is 0 Å². The lowest BCUT2D eigenvalue weighted by atomic mass is 10.1. The van der Waals surface area contributed by atoms with E-state index in [0.717, 1.165) is 34.0 Å². The van der Waals surface area contributed by atoms with Crippen LogP contribution < -0.4 is 10.6 Å². The van der Waals surface area contributed by atoms with Crippen LogP contribution in [-0.2, 0) is 0 Å². The molecule has 0 amide bonds. The molecule has 2 heterocycles. The van der Waals surface area contributed by atoms with Crippen molar-refractivity contribution in [2.75, 3.05) is 10.6 Å². The van der Waals surface area contributed by atoms with Crippen molar-refractivity contribution in [2.45, 2.75) is 27.7 Å². The Labute approximate surface area is 212 Å². The molecule has 2 aromatic heterocycles. The summed E-state index contributed by atoms with van der Waals surface area (Å²) in [5.74, 6) is 1.69. The zero-order valence-electron chi connectivity index (χ0n) is 19.6. The topological polar surface area (TPSA) is 49.8 Å². The molecule has 5 aromatic rings. The van der Waals surface area contributed by atoms with E-state index in [9.17, 15) is 0 Å². The fourth-order valence-electron chi connectivity index (χ4n) is 4.22. The van der Waals surface area contributed by atoms with Crippen molar-refractivity contribution in [3.63, 3.8) is 0 Å². The van der Waals surface area contributed by atoms with Crippen LogP contribution in [0.1, 0.15) is 22.3 Å². The van der Waals surface area contributed by atoms with E-state index in [-0.39, 0.29) is 24.8 Å².